The normalized spacial score (nSPS) is 9.60. The number of anilines is 3. The molecule has 1 heterocycles. The van der Waals surface area contributed by atoms with Crippen LogP contribution in [0.25, 0.3) is 0 Å². The minimum atomic E-state index is -0.502. The van der Waals surface area contributed by atoms with E-state index in [0.717, 1.165) is 0 Å². The molecule has 7 nitrogen and oxygen atoms in total. The summed E-state index contributed by atoms with van der Waals surface area (Å²) >= 11 is 0. The molecule has 0 spiro atoms. The van der Waals surface area contributed by atoms with Crippen molar-refractivity contribution in [2.75, 3.05) is 17.7 Å². The van der Waals surface area contributed by atoms with Crippen LogP contribution in [-0.4, -0.2) is 17.0 Å². The number of nitrogens with one attached hydrogen (secondary N) is 2. The van der Waals surface area contributed by atoms with Crippen molar-refractivity contribution in [1.29, 1.82) is 5.26 Å². The van der Waals surface area contributed by atoms with Crippen LogP contribution in [0.3, 0.4) is 0 Å². The Hall–Kier alpha value is -3.14. The Balaban J connectivity index is 2.35. The molecule has 1 aromatic heterocycles. The van der Waals surface area contributed by atoms with Crippen LogP contribution in [-0.2, 0) is 0 Å². The number of pyridine rings is 1. The SMILES string of the molecule is CNc1ccc([N+](=O)[O-])c(Nc2ccc(C#N)cc2)n1. The summed E-state index contributed by atoms with van der Waals surface area (Å²) in [6, 6.07) is 11.5. The number of nitriles is 1. The average molecular weight is 269 g/mol. The molecule has 0 radical (unpaired) electrons. The molecule has 0 saturated carbocycles. The third-order valence-corrected chi connectivity index (χ3v) is 2.60. The molecule has 0 saturated heterocycles. The van der Waals surface area contributed by atoms with Crippen LogP contribution in [0.4, 0.5) is 23.0 Å². The van der Waals surface area contributed by atoms with Crippen LogP contribution in [0, 0.1) is 21.4 Å². The van der Waals surface area contributed by atoms with E-state index in [4.69, 9.17) is 5.26 Å². The van der Waals surface area contributed by atoms with Gasteiger partial charge in [0, 0.05) is 18.8 Å². The van der Waals surface area contributed by atoms with Gasteiger partial charge >= 0.3 is 5.69 Å². The highest BCUT2D eigenvalue weighted by Crippen LogP contribution is 2.27. The van der Waals surface area contributed by atoms with Gasteiger partial charge in [-0.05, 0) is 30.3 Å². The zero-order chi connectivity index (χ0) is 14.5. The Morgan fingerprint density at radius 1 is 1.25 bits per heavy atom. The predicted octanol–water partition coefficient (Wildman–Crippen LogP) is 2.65. The first-order chi connectivity index (χ1) is 9.63. The zero-order valence-electron chi connectivity index (χ0n) is 10.6. The Kier molecular flexibility index (Phi) is 3.77. The van der Waals surface area contributed by atoms with Gasteiger partial charge in [0.1, 0.15) is 5.82 Å². The molecule has 100 valence electrons. The highest BCUT2D eigenvalue weighted by atomic mass is 16.6. The highest BCUT2D eigenvalue weighted by Gasteiger charge is 2.16. The molecule has 2 aromatic rings. The Bertz CT molecular complexity index is 676. The van der Waals surface area contributed by atoms with Gasteiger partial charge in [0.15, 0.2) is 0 Å². The quantitative estimate of drug-likeness (QED) is 0.653. The van der Waals surface area contributed by atoms with Crippen molar-refractivity contribution in [2.24, 2.45) is 0 Å². The summed E-state index contributed by atoms with van der Waals surface area (Å²) < 4.78 is 0. The first kappa shape index (κ1) is 13.3. The maximum absolute atomic E-state index is 11.0. The lowest BCUT2D eigenvalue weighted by atomic mass is 10.2. The van der Waals surface area contributed by atoms with Gasteiger partial charge in [-0.2, -0.15) is 5.26 Å². The molecule has 0 atom stereocenters. The van der Waals surface area contributed by atoms with Crippen LogP contribution in [0.1, 0.15) is 5.56 Å². The lowest BCUT2D eigenvalue weighted by molar-refractivity contribution is -0.384. The fourth-order valence-corrected chi connectivity index (χ4v) is 1.60. The number of rotatable bonds is 4. The van der Waals surface area contributed by atoms with Crippen molar-refractivity contribution in [3.05, 3.63) is 52.1 Å². The van der Waals surface area contributed by atoms with E-state index in [1.807, 2.05) is 6.07 Å². The third kappa shape index (κ3) is 2.81. The van der Waals surface area contributed by atoms with Crippen LogP contribution in [0.2, 0.25) is 0 Å². The number of hydrogen-bond donors (Lipinski definition) is 2. The second-order valence-electron chi connectivity index (χ2n) is 3.89. The van der Waals surface area contributed by atoms with Crippen molar-refractivity contribution in [3.8, 4) is 6.07 Å². The number of hydrogen-bond acceptors (Lipinski definition) is 6. The fraction of sp³-hybridized carbons (Fsp3) is 0.0769. The summed E-state index contributed by atoms with van der Waals surface area (Å²) in [6.07, 6.45) is 0. The summed E-state index contributed by atoms with van der Waals surface area (Å²) in [5, 5.41) is 25.4. The van der Waals surface area contributed by atoms with E-state index < -0.39 is 4.92 Å². The highest BCUT2D eigenvalue weighted by molar-refractivity contribution is 5.67. The molecule has 0 aliphatic rings. The van der Waals surface area contributed by atoms with Gasteiger partial charge < -0.3 is 10.6 Å². The average Bonchev–Trinajstić information content (AvgIpc) is 2.47. The molecule has 2 rings (SSSR count). The molecule has 7 heteroatoms. The van der Waals surface area contributed by atoms with Crippen LogP contribution >= 0.6 is 0 Å². The van der Waals surface area contributed by atoms with Gasteiger partial charge in [-0.3, -0.25) is 10.1 Å². The number of nitrogens with zero attached hydrogens (tertiary/aromatic N) is 3. The van der Waals surface area contributed by atoms with E-state index in [1.165, 1.54) is 12.1 Å². The summed E-state index contributed by atoms with van der Waals surface area (Å²) in [7, 11) is 1.68. The van der Waals surface area contributed by atoms with E-state index in [1.54, 1.807) is 31.3 Å². The second-order valence-corrected chi connectivity index (χ2v) is 3.89. The van der Waals surface area contributed by atoms with Crippen molar-refractivity contribution in [1.82, 2.24) is 4.98 Å². The fourth-order valence-electron chi connectivity index (χ4n) is 1.60. The van der Waals surface area contributed by atoms with Crippen LogP contribution in [0.5, 0.6) is 0 Å². The number of nitro groups is 1. The maximum atomic E-state index is 11.0. The predicted molar refractivity (Wildman–Crippen MR) is 74.9 cm³/mol. The van der Waals surface area contributed by atoms with Gasteiger partial charge in [0.2, 0.25) is 5.82 Å². The smallest absolute Gasteiger partial charge is 0.311 e. The molecule has 0 bridgehead atoms. The summed E-state index contributed by atoms with van der Waals surface area (Å²) in [5.74, 6) is 0.665. The lowest BCUT2D eigenvalue weighted by Gasteiger charge is -2.08. The standard InChI is InChI=1S/C13H11N5O2/c1-15-12-7-6-11(18(19)20)13(17-12)16-10-4-2-9(8-14)3-5-10/h2-7H,1H3,(H2,15,16,17). The van der Waals surface area contributed by atoms with Gasteiger partial charge in [0.05, 0.1) is 16.6 Å². The third-order valence-electron chi connectivity index (χ3n) is 2.60. The van der Waals surface area contributed by atoms with E-state index in [9.17, 15) is 10.1 Å². The summed E-state index contributed by atoms with van der Waals surface area (Å²) in [6.45, 7) is 0. The van der Waals surface area contributed by atoms with Crippen LogP contribution in [0.15, 0.2) is 36.4 Å². The second kappa shape index (κ2) is 5.67. The number of aromatic nitrogens is 1. The Morgan fingerprint density at radius 2 is 1.95 bits per heavy atom. The molecule has 0 amide bonds. The molecule has 0 fully saturated rings. The summed E-state index contributed by atoms with van der Waals surface area (Å²) in [4.78, 5) is 14.6. The van der Waals surface area contributed by atoms with Crippen molar-refractivity contribution < 1.29 is 4.92 Å². The van der Waals surface area contributed by atoms with Gasteiger partial charge in [0.25, 0.3) is 0 Å². The molecule has 1 aromatic carbocycles. The van der Waals surface area contributed by atoms with E-state index in [2.05, 4.69) is 15.6 Å². The monoisotopic (exact) mass is 269 g/mol. The molecular formula is C13H11N5O2. The Morgan fingerprint density at radius 3 is 2.50 bits per heavy atom. The van der Waals surface area contributed by atoms with Crippen molar-refractivity contribution in [3.63, 3.8) is 0 Å². The Labute approximate surface area is 115 Å². The molecule has 0 aliphatic heterocycles. The van der Waals surface area contributed by atoms with Crippen molar-refractivity contribution in [2.45, 2.75) is 0 Å². The minimum absolute atomic E-state index is 0.117. The van der Waals surface area contributed by atoms with Crippen molar-refractivity contribution >= 4 is 23.0 Å². The minimum Gasteiger partial charge on any atom is -0.373 e. The largest absolute Gasteiger partial charge is 0.373 e. The molecular weight excluding hydrogens is 258 g/mol. The van der Waals surface area contributed by atoms with Gasteiger partial charge in [-0.15, -0.1) is 0 Å². The zero-order valence-corrected chi connectivity index (χ0v) is 10.6. The van der Waals surface area contributed by atoms with E-state index >= 15 is 0 Å². The molecule has 0 unspecified atom stereocenters. The first-order valence-corrected chi connectivity index (χ1v) is 5.74. The maximum Gasteiger partial charge on any atom is 0.311 e. The van der Waals surface area contributed by atoms with E-state index in [-0.39, 0.29) is 11.5 Å². The first-order valence-electron chi connectivity index (χ1n) is 5.74. The summed E-state index contributed by atoms with van der Waals surface area (Å²) in [5.41, 5.74) is 1.02. The van der Waals surface area contributed by atoms with Crippen LogP contribution < -0.4 is 10.6 Å². The van der Waals surface area contributed by atoms with Gasteiger partial charge in [-0.25, -0.2) is 4.98 Å². The molecule has 2 N–H and O–H groups in total. The molecule has 20 heavy (non-hydrogen) atoms. The number of benzene rings is 1. The van der Waals surface area contributed by atoms with E-state index in [0.29, 0.717) is 17.1 Å². The topological polar surface area (TPSA) is 104 Å². The lowest BCUT2D eigenvalue weighted by Crippen LogP contribution is -2.02. The van der Waals surface area contributed by atoms with Gasteiger partial charge in [-0.1, -0.05) is 0 Å². The molecule has 0 aliphatic carbocycles.